The van der Waals surface area contributed by atoms with Crippen LogP contribution < -0.4 is 11.1 Å². The zero-order valence-corrected chi connectivity index (χ0v) is 16.0. The average molecular weight is 454 g/mol. The van der Waals surface area contributed by atoms with Gasteiger partial charge in [-0.3, -0.25) is 19.8 Å². The maximum absolute atomic E-state index is 10.2. The van der Waals surface area contributed by atoms with E-state index in [1.807, 2.05) is 0 Å². The SMILES string of the molecule is O=c1ccc(=O)[nH][nH]1.OC[C@H]1O[C@H](O[C@H]2[C@H](O)[C@@H](O)[C@H](O)O[C@@H]2CO)[C@H](O)[C@@H](O)[C@@H]1O. The van der Waals surface area contributed by atoms with Crippen molar-refractivity contribution in [3.05, 3.63) is 32.8 Å². The molecule has 3 rings (SSSR count). The molecule has 2 saturated heterocycles. The van der Waals surface area contributed by atoms with Crippen molar-refractivity contribution in [3.63, 3.8) is 0 Å². The first-order valence-corrected chi connectivity index (χ1v) is 9.15. The van der Waals surface area contributed by atoms with Crippen LogP contribution in [0.25, 0.3) is 0 Å². The van der Waals surface area contributed by atoms with Gasteiger partial charge in [-0.25, -0.2) is 0 Å². The first-order valence-electron chi connectivity index (χ1n) is 9.15. The quantitative estimate of drug-likeness (QED) is 0.203. The molecule has 0 spiro atoms. The maximum Gasteiger partial charge on any atom is 0.262 e. The van der Waals surface area contributed by atoms with Crippen LogP contribution in [0.2, 0.25) is 0 Å². The molecule has 178 valence electrons. The summed E-state index contributed by atoms with van der Waals surface area (Å²) in [6.45, 7) is -1.35. The first-order chi connectivity index (χ1) is 14.6. The number of ether oxygens (including phenoxy) is 3. The number of rotatable bonds is 4. The van der Waals surface area contributed by atoms with Crippen molar-refractivity contribution in [2.24, 2.45) is 0 Å². The molecule has 10 N–H and O–H groups in total. The molecule has 2 aliphatic heterocycles. The molecule has 0 unspecified atom stereocenters. The fourth-order valence-corrected chi connectivity index (χ4v) is 2.93. The monoisotopic (exact) mass is 454 g/mol. The van der Waals surface area contributed by atoms with Gasteiger partial charge in [0, 0.05) is 12.1 Å². The van der Waals surface area contributed by atoms with E-state index in [0.29, 0.717) is 0 Å². The van der Waals surface area contributed by atoms with Crippen molar-refractivity contribution in [1.29, 1.82) is 0 Å². The average Bonchev–Trinajstić information content (AvgIpc) is 2.76. The molecule has 0 aromatic carbocycles. The second-order valence-electron chi connectivity index (χ2n) is 6.84. The summed E-state index contributed by atoms with van der Waals surface area (Å²) < 4.78 is 15.3. The lowest BCUT2D eigenvalue weighted by atomic mass is 9.97. The van der Waals surface area contributed by atoms with Gasteiger partial charge in [-0.15, -0.1) is 0 Å². The zero-order valence-electron chi connectivity index (χ0n) is 16.0. The third-order valence-corrected chi connectivity index (χ3v) is 4.67. The largest absolute Gasteiger partial charge is 0.394 e. The molecule has 2 aliphatic rings. The second kappa shape index (κ2) is 11.2. The minimum absolute atomic E-state index is 0.301. The summed E-state index contributed by atoms with van der Waals surface area (Å²) in [7, 11) is 0. The van der Waals surface area contributed by atoms with E-state index in [1.54, 1.807) is 0 Å². The van der Waals surface area contributed by atoms with Gasteiger partial charge in [0.05, 0.1) is 13.2 Å². The van der Waals surface area contributed by atoms with Crippen molar-refractivity contribution in [2.45, 2.75) is 61.4 Å². The minimum atomic E-state index is -1.74. The van der Waals surface area contributed by atoms with Crippen LogP contribution in [0.5, 0.6) is 0 Å². The fraction of sp³-hybridized carbons (Fsp3) is 0.750. The van der Waals surface area contributed by atoms with Gasteiger partial charge in [-0.05, 0) is 0 Å². The predicted octanol–water partition coefficient (Wildman–Crippen LogP) is -6.33. The van der Waals surface area contributed by atoms with Gasteiger partial charge < -0.3 is 55.1 Å². The molecule has 1 aromatic heterocycles. The Morgan fingerprint density at radius 1 is 0.742 bits per heavy atom. The Morgan fingerprint density at radius 3 is 1.77 bits per heavy atom. The molecule has 31 heavy (non-hydrogen) atoms. The predicted molar refractivity (Wildman–Crippen MR) is 96.3 cm³/mol. The molecular formula is C16H26N2O13. The first kappa shape index (κ1) is 25.5. The van der Waals surface area contributed by atoms with Crippen LogP contribution in [0, 0.1) is 0 Å². The Labute approximate surface area is 173 Å². The van der Waals surface area contributed by atoms with E-state index in [2.05, 4.69) is 10.2 Å². The van der Waals surface area contributed by atoms with E-state index in [9.17, 15) is 45.3 Å². The van der Waals surface area contributed by atoms with Crippen LogP contribution in [-0.2, 0) is 14.2 Å². The number of aliphatic hydroxyl groups is 8. The zero-order chi connectivity index (χ0) is 23.3. The normalized spacial score (nSPS) is 40.6. The lowest BCUT2D eigenvalue weighted by Crippen LogP contribution is -2.64. The van der Waals surface area contributed by atoms with Crippen LogP contribution >= 0.6 is 0 Å². The molecule has 0 aliphatic carbocycles. The van der Waals surface area contributed by atoms with Crippen molar-refractivity contribution in [1.82, 2.24) is 10.2 Å². The Morgan fingerprint density at radius 2 is 1.29 bits per heavy atom. The lowest BCUT2D eigenvalue weighted by Gasteiger charge is -2.45. The standard InChI is InChI=1S/C12H22O11.C4H4N2O2/c13-1-3-5(15)6(16)9(19)12(22-3)23-10-4(2-14)21-11(20)8(18)7(10)17;7-3-1-2-4(8)6-5-3/h3-20H,1-2H2;1-2H,(H,5,7)(H,6,8)/t3-,4-,5-,6+,7-,8-,9-,10-,11-,12-;/m1./s1. The van der Waals surface area contributed by atoms with E-state index in [1.165, 1.54) is 12.1 Å². The van der Waals surface area contributed by atoms with Gasteiger partial charge in [-0.1, -0.05) is 0 Å². The highest BCUT2D eigenvalue weighted by Crippen LogP contribution is 2.28. The van der Waals surface area contributed by atoms with E-state index >= 15 is 0 Å². The summed E-state index contributed by atoms with van der Waals surface area (Å²) in [5.74, 6) is 0. The third-order valence-electron chi connectivity index (χ3n) is 4.67. The second-order valence-corrected chi connectivity index (χ2v) is 6.84. The molecule has 0 saturated carbocycles. The summed E-state index contributed by atoms with van der Waals surface area (Å²) in [6.07, 6.45) is -15.6. The smallest absolute Gasteiger partial charge is 0.262 e. The van der Waals surface area contributed by atoms with Gasteiger partial charge >= 0.3 is 0 Å². The number of hydrogen-bond donors (Lipinski definition) is 10. The van der Waals surface area contributed by atoms with Crippen LogP contribution in [0.1, 0.15) is 0 Å². The summed E-state index contributed by atoms with van der Waals surface area (Å²) in [6, 6.07) is 2.33. The number of aromatic nitrogens is 2. The number of hydrogen-bond acceptors (Lipinski definition) is 13. The molecule has 15 heteroatoms. The lowest BCUT2D eigenvalue weighted by molar-refractivity contribution is -0.355. The van der Waals surface area contributed by atoms with Gasteiger partial charge in [0.1, 0.15) is 48.8 Å². The van der Waals surface area contributed by atoms with Crippen LogP contribution in [0.4, 0.5) is 0 Å². The molecule has 3 heterocycles. The molecular weight excluding hydrogens is 428 g/mol. The number of aromatic amines is 2. The summed E-state index contributed by atoms with van der Waals surface area (Å²) >= 11 is 0. The van der Waals surface area contributed by atoms with Crippen molar-refractivity contribution in [3.8, 4) is 0 Å². The Bertz CT molecular complexity index is 731. The molecule has 10 atom stereocenters. The summed E-state index contributed by atoms with van der Waals surface area (Å²) in [5.41, 5.74) is -0.603. The number of aliphatic hydroxyl groups excluding tert-OH is 8. The van der Waals surface area contributed by atoms with E-state index in [0.717, 1.165) is 0 Å². The Kier molecular flexibility index (Phi) is 9.22. The summed E-state index contributed by atoms with van der Waals surface area (Å²) in [5, 5.41) is 80.7. The van der Waals surface area contributed by atoms with E-state index in [-0.39, 0.29) is 11.1 Å². The highest BCUT2D eigenvalue weighted by atomic mass is 16.7. The van der Waals surface area contributed by atoms with E-state index < -0.39 is 74.6 Å². The maximum atomic E-state index is 10.2. The topological polar surface area (TPSA) is 255 Å². The van der Waals surface area contributed by atoms with Gasteiger partial charge in [0.25, 0.3) is 11.1 Å². The van der Waals surface area contributed by atoms with Gasteiger partial charge in [0.15, 0.2) is 12.6 Å². The highest BCUT2D eigenvalue weighted by molar-refractivity contribution is 4.93. The van der Waals surface area contributed by atoms with Gasteiger partial charge in [0.2, 0.25) is 0 Å². The molecule has 0 bridgehead atoms. The Balaban J connectivity index is 0.000000357. The number of H-pyrrole nitrogens is 2. The van der Waals surface area contributed by atoms with Crippen molar-refractivity contribution >= 4 is 0 Å². The molecule has 1 aromatic rings. The van der Waals surface area contributed by atoms with Gasteiger partial charge in [-0.2, -0.15) is 0 Å². The van der Waals surface area contributed by atoms with Crippen LogP contribution in [-0.4, -0.2) is 126 Å². The minimum Gasteiger partial charge on any atom is -0.394 e. The molecule has 0 radical (unpaired) electrons. The van der Waals surface area contributed by atoms with Crippen molar-refractivity contribution in [2.75, 3.05) is 13.2 Å². The van der Waals surface area contributed by atoms with Crippen LogP contribution in [0.15, 0.2) is 21.7 Å². The Hall–Kier alpha value is -1.76. The van der Waals surface area contributed by atoms with E-state index in [4.69, 9.17) is 19.3 Å². The van der Waals surface area contributed by atoms with Crippen molar-refractivity contribution < 1.29 is 55.1 Å². The molecule has 15 nitrogen and oxygen atoms in total. The highest BCUT2D eigenvalue weighted by Gasteiger charge is 2.50. The van der Waals surface area contributed by atoms with Crippen LogP contribution in [0.3, 0.4) is 0 Å². The fourth-order valence-electron chi connectivity index (χ4n) is 2.93. The third kappa shape index (κ3) is 6.15. The number of nitrogens with one attached hydrogen (secondary N) is 2. The summed E-state index contributed by atoms with van der Waals surface area (Å²) in [4.78, 5) is 20.4. The molecule has 2 fully saturated rings. The molecule has 0 amide bonds.